The second-order valence-electron chi connectivity index (χ2n) is 5.54. The van der Waals surface area contributed by atoms with Gasteiger partial charge in [0.2, 0.25) is 5.88 Å². The lowest BCUT2D eigenvalue weighted by molar-refractivity contribution is 0.468. The molecule has 0 fully saturated rings. The molecule has 3 nitrogen and oxygen atoms in total. The Morgan fingerprint density at radius 2 is 1.52 bits per heavy atom. The first-order valence-electron chi connectivity index (χ1n) is 8.03. The van der Waals surface area contributed by atoms with Crippen LogP contribution in [0.2, 0.25) is 0 Å². The Labute approximate surface area is 150 Å². The van der Waals surface area contributed by atoms with E-state index in [1.807, 2.05) is 54.2 Å². The summed E-state index contributed by atoms with van der Waals surface area (Å²) in [5.74, 6) is 2.31. The quantitative estimate of drug-likeness (QED) is 0.434. The van der Waals surface area contributed by atoms with E-state index in [2.05, 4.69) is 46.4 Å². The van der Waals surface area contributed by atoms with Gasteiger partial charge in [-0.25, -0.2) is 9.97 Å². The molecular weight excluding hydrogens is 328 g/mol. The van der Waals surface area contributed by atoms with E-state index in [1.165, 1.54) is 16.8 Å². The lowest BCUT2D eigenvalue weighted by Crippen LogP contribution is -1.91. The zero-order valence-electron chi connectivity index (χ0n) is 13.5. The molecule has 0 amide bonds. The molecule has 0 atom stereocenters. The van der Waals surface area contributed by atoms with Crippen molar-refractivity contribution >= 4 is 22.7 Å². The van der Waals surface area contributed by atoms with E-state index in [1.54, 1.807) is 0 Å². The molecule has 0 saturated carbocycles. The van der Waals surface area contributed by atoms with Gasteiger partial charge in [-0.05, 0) is 42.0 Å². The molecule has 4 rings (SSSR count). The molecule has 0 radical (unpaired) electrons. The first-order chi connectivity index (χ1) is 12.4. The van der Waals surface area contributed by atoms with E-state index < -0.39 is 0 Å². The zero-order valence-corrected chi connectivity index (χ0v) is 14.3. The standard InChI is InChI=1S/C21H16N2OS/c1-2-6-16(7-3-1)14-25-18-12-10-17(11-13-18)24-21-19-8-4-5-9-20(19)22-15-23-21/h1-13,15H,14H2. The zero-order chi connectivity index (χ0) is 16.9. The van der Waals surface area contributed by atoms with Gasteiger partial charge in [-0.1, -0.05) is 42.5 Å². The number of thioether (sulfide) groups is 1. The van der Waals surface area contributed by atoms with Gasteiger partial charge in [-0.3, -0.25) is 0 Å². The molecule has 0 saturated heterocycles. The minimum atomic E-state index is 0.579. The Bertz CT molecular complexity index is 966. The summed E-state index contributed by atoms with van der Waals surface area (Å²) >= 11 is 1.81. The van der Waals surface area contributed by atoms with E-state index in [0.29, 0.717) is 5.88 Å². The van der Waals surface area contributed by atoms with Gasteiger partial charge in [0, 0.05) is 10.6 Å². The molecular formula is C21H16N2OS. The van der Waals surface area contributed by atoms with Crippen molar-refractivity contribution in [3.05, 3.63) is 90.8 Å². The summed E-state index contributed by atoms with van der Waals surface area (Å²) in [5, 5.41) is 0.910. The van der Waals surface area contributed by atoms with Crippen molar-refractivity contribution in [1.82, 2.24) is 9.97 Å². The minimum Gasteiger partial charge on any atom is -0.438 e. The number of aromatic nitrogens is 2. The van der Waals surface area contributed by atoms with E-state index in [-0.39, 0.29) is 0 Å². The van der Waals surface area contributed by atoms with Crippen molar-refractivity contribution in [2.75, 3.05) is 0 Å². The number of ether oxygens (including phenoxy) is 1. The molecule has 0 aliphatic heterocycles. The molecule has 0 aliphatic rings. The van der Waals surface area contributed by atoms with Crippen molar-refractivity contribution in [2.45, 2.75) is 10.6 Å². The summed E-state index contributed by atoms with van der Waals surface area (Å²) in [6.45, 7) is 0. The maximum Gasteiger partial charge on any atom is 0.230 e. The number of benzene rings is 3. The predicted molar refractivity (Wildman–Crippen MR) is 102 cm³/mol. The van der Waals surface area contributed by atoms with Crippen molar-refractivity contribution in [3.8, 4) is 11.6 Å². The molecule has 0 bridgehead atoms. The molecule has 3 aromatic carbocycles. The van der Waals surface area contributed by atoms with Crippen LogP contribution in [0.4, 0.5) is 0 Å². The molecule has 1 heterocycles. The third kappa shape index (κ3) is 3.80. The van der Waals surface area contributed by atoms with Crippen LogP contribution in [0.5, 0.6) is 11.6 Å². The molecule has 122 valence electrons. The first kappa shape index (κ1) is 15.7. The number of fused-ring (bicyclic) bond motifs is 1. The SMILES string of the molecule is c1ccc(CSc2ccc(Oc3ncnc4ccccc34)cc2)cc1. The van der Waals surface area contributed by atoms with Crippen LogP contribution in [-0.2, 0) is 5.75 Å². The van der Waals surface area contributed by atoms with Gasteiger partial charge in [-0.2, -0.15) is 0 Å². The number of rotatable bonds is 5. The lowest BCUT2D eigenvalue weighted by atomic mass is 10.2. The van der Waals surface area contributed by atoms with Crippen LogP contribution in [0, 0.1) is 0 Å². The van der Waals surface area contributed by atoms with Crippen LogP contribution >= 0.6 is 11.8 Å². The predicted octanol–water partition coefficient (Wildman–Crippen LogP) is 5.71. The Morgan fingerprint density at radius 3 is 2.36 bits per heavy atom. The molecule has 0 unspecified atom stereocenters. The van der Waals surface area contributed by atoms with E-state index in [0.717, 1.165) is 22.4 Å². The monoisotopic (exact) mass is 344 g/mol. The summed E-state index contributed by atoms with van der Waals surface area (Å²) in [7, 11) is 0. The molecule has 25 heavy (non-hydrogen) atoms. The highest BCUT2D eigenvalue weighted by Crippen LogP contribution is 2.29. The molecule has 0 spiro atoms. The second-order valence-corrected chi connectivity index (χ2v) is 6.59. The van der Waals surface area contributed by atoms with Crippen molar-refractivity contribution in [1.29, 1.82) is 0 Å². The van der Waals surface area contributed by atoms with Crippen LogP contribution in [0.1, 0.15) is 5.56 Å². The highest BCUT2D eigenvalue weighted by atomic mass is 32.2. The average molecular weight is 344 g/mol. The maximum atomic E-state index is 5.95. The summed E-state index contributed by atoms with van der Waals surface area (Å²) in [5.41, 5.74) is 2.20. The average Bonchev–Trinajstić information content (AvgIpc) is 2.69. The van der Waals surface area contributed by atoms with Gasteiger partial charge >= 0.3 is 0 Å². The number of hydrogen-bond donors (Lipinski definition) is 0. The summed E-state index contributed by atoms with van der Waals surface area (Å²) < 4.78 is 5.95. The second kappa shape index (κ2) is 7.36. The Hall–Kier alpha value is -2.85. The van der Waals surface area contributed by atoms with Crippen LogP contribution in [0.25, 0.3) is 10.9 Å². The minimum absolute atomic E-state index is 0.579. The van der Waals surface area contributed by atoms with Crippen LogP contribution < -0.4 is 4.74 Å². The normalized spacial score (nSPS) is 10.7. The highest BCUT2D eigenvalue weighted by Gasteiger charge is 2.05. The fraction of sp³-hybridized carbons (Fsp3) is 0.0476. The number of para-hydroxylation sites is 1. The summed E-state index contributed by atoms with van der Waals surface area (Å²) in [4.78, 5) is 9.73. The van der Waals surface area contributed by atoms with E-state index in [4.69, 9.17) is 4.74 Å². The van der Waals surface area contributed by atoms with Gasteiger partial charge in [0.05, 0.1) is 10.9 Å². The van der Waals surface area contributed by atoms with E-state index >= 15 is 0 Å². The van der Waals surface area contributed by atoms with Crippen LogP contribution in [0.15, 0.2) is 90.1 Å². The lowest BCUT2D eigenvalue weighted by Gasteiger charge is -2.08. The van der Waals surface area contributed by atoms with Crippen LogP contribution in [-0.4, -0.2) is 9.97 Å². The molecule has 1 aromatic heterocycles. The van der Waals surface area contributed by atoms with Crippen molar-refractivity contribution in [2.24, 2.45) is 0 Å². The van der Waals surface area contributed by atoms with Gasteiger partial charge in [-0.15, -0.1) is 11.8 Å². The van der Waals surface area contributed by atoms with Gasteiger partial charge < -0.3 is 4.74 Å². The summed E-state index contributed by atoms with van der Waals surface area (Å²) in [6, 6.07) is 26.4. The van der Waals surface area contributed by atoms with Gasteiger partial charge in [0.1, 0.15) is 12.1 Å². The van der Waals surface area contributed by atoms with E-state index in [9.17, 15) is 0 Å². The number of nitrogens with zero attached hydrogens (tertiary/aromatic N) is 2. The first-order valence-corrected chi connectivity index (χ1v) is 9.01. The van der Waals surface area contributed by atoms with Crippen LogP contribution in [0.3, 0.4) is 0 Å². The maximum absolute atomic E-state index is 5.95. The molecule has 4 heteroatoms. The van der Waals surface area contributed by atoms with Gasteiger partial charge in [0.25, 0.3) is 0 Å². The summed E-state index contributed by atoms with van der Waals surface area (Å²) in [6.07, 6.45) is 1.53. The molecule has 0 aliphatic carbocycles. The molecule has 4 aromatic rings. The van der Waals surface area contributed by atoms with Crippen molar-refractivity contribution < 1.29 is 4.74 Å². The Balaban J connectivity index is 1.47. The highest BCUT2D eigenvalue weighted by molar-refractivity contribution is 7.98. The fourth-order valence-corrected chi connectivity index (χ4v) is 3.37. The topological polar surface area (TPSA) is 35.0 Å². The Morgan fingerprint density at radius 1 is 0.760 bits per heavy atom. The van der Waals surface area contributed by atoms with Gasteiger partial charge in [0.15, 0.2) is 0 Å². The third-order valence-electron chi connectivity index (χ3n) is 3.79. The Kier molecular flexibility index (Phi) is 4.61. The fourth-order valence-electron chi connectivity index (χ4n) is 2.52. The molecule has 0 N–H and O–H groups in total. The smallest absolute Gasteiger partial charge is 0.230 e. The van der Waals surface area contributed by atoms with Crippen molar-refractivity contribution in [3.63, 3.8) is 0 Å². The number of hydrogen-bond acceptors (Lipinski definition) is 4. The largest absolute Gasteiger partial charge is 0.438 e. The third-order valence-corrected chi connectivity index (χ3v) is 4.88.